The van der Waals surface area contributed by atoms with Crippen LogP contribution in [0.25, 0.3) is 0 Å². The standard InChI is InChI=1S/C7H12O/c1-3-5-7(8)6-4-2/h3-8H,1-2H3. The molecule has 0 radical (unpaired) electrons. The summed E-state index contributed by atoms with van der Waals surface area (Å²) in [7, 11) is 0. The molecular weight excluding hydrogens is 100 g/mol. The molecule has 0 aliphatic rings. The number of aliphatic hydroxyl groups is 1. The van der Waals surface area contributed by atoms with Crippen LogP contribution >= 0.6 is 0 Å². The van der Waals surface area contributed by atoms with E-state index in [9.17, 15) is 0 Å². The number of rotatable bonds is 2. The van der Waals surface area contributed by atoms with Crippen LogP contribution in [0.2, 0.25) is 0 Å². The highest BCUT2D eigenvalue weighted by atomic mass is 16.3. The number of hydrogen-bond donors (Lipinski definition) is 1. The highest BCUT2D eigenvalue weighted by Crippen LogP contribution is 1.86. The van der Waals surface area contributed by atoms with Crippen LogP contribution in [0.1, 0.15) is 13.8 Å². The Bertz CT molecular complexity index is 80.6. The van der Waals surface area contributed by atoms with Crippen LogP contribution in [0.3, 0.4) is 0 Å². The Balaban J connectivity index is 3.47. The highest BCUT2D eigenvalue weighted by molar-refractivity contribution is 4.98. The summed E-state index contributed by atoms with van der Waals surface area (Å²) in [5.74, 6) is 0. The van der Waals surface area contributed by atoms with E-state index in [0.29, 0.717) is 0 Å². The van der Waals surface area contributed by atoms with Crippen molar-refractivity contribution in [1.82, 2.24) is 0 Å². The van der Waals surface area contributed by atoms with E-state index in [1.807, 2.05) is 26.0 Å². The molecule has 0 amide bonds. The van der Waals surface area contributed by atoms with Gasteiger partial charge < -0.3 is 5.11 Å². The molecule has 0 aromatic carbocycles. The van der Waals surface area contributed by atoms with Gasteiger partial charge in [0, 0.05) is 0 Å². The highest BCUT2D eigenvalue weighted by Gasteiger charge is 1.84. The minimum absolute atomic E-state index is 0.398. The van der Waals surface area contributed by atoms with Gasteiger partial charge in [-0.1, -0.05) is 24.3 Å². The summed E-state index contributed by atoms with van der Waals surface area (Å²) in [5.41, 5.74) is 0. The lowest BCUT2D eigenvalue weighted by molar-refractivity contribution is 0.271. The minimum atomic E-state index is -0.398. The average molecular weight is 112 g/mol. The molecule has 1 heteroatoms. The van der Waals surface area contributed by atoms with Crippen LogP contribution in [0.4, 0.5) is 0 Å². The van der Waals surface area contributed by atoms with E-state index in [4.69, 9.17) is 5.11 Å². The minimum Gasteiger partial charge on any atom is -0.385 e. The fraction of sp³-hybridized carbons (Fsp3) is 0.429. The van der Waals surface area contributed by atoms with Crippen molar-refractivity contribution in [2.24, 2.45) is 0 Å². The monoisotopic (exact) mass is 112 g/mol. The van der Waals surface area contributed by atoms with Gasteiger partial charge in [0.25, 0.3) is 0 Å². The zero-order chi connectivity index (χ0) is 6.41. The molecule has 0 aromatic heterocycles. The molecule has 8 heavy (non-hydrogen) atoms. The molecule has 0 bridgehead atoms. The van der Waals surface area contributed by atoms with E-state index in [1.54, 1.807) is 12.2 Å². The third-order valence-corrected chi connectivity index (χ3v) is 0.779. The van der Waals surface area contributed by atoms with Gasteiger partial charge in [-0.2, -0.15) is 0 Å². The van der Waals surface area contributed by atoms with Crippen LogP contribution in [-0.4, -0.2) is 11.2 Å². The van der Waals surface area contributed by atoms with Gasteiger partial charge >= 0.3 is 0 Å². The molecule has 0 aromatic rings. The lowest BCUT2D eigenvalue weighted by Crippen LogP contribution is -1.93. The van der Waals surface area contributed by atoms with Crippen molar-refractivity contribution in [2.45, 2.75) is 20.0 Å². The van der Waals surface area contributed by atoms with Crippen molar-refractivity contribution in [3.05, 3.63) is 24.3 Å². The Morgan fingerprint density at radius 2 is 1.50 bits per heavy atom. The van der Waals surface area contributed by atoms with Gasteiger partial charge in [-0.15, -0.1) is 0 Å². The first kappa shape index (κ1) is 7.44. The Labute approximate surface area is 50.3 Å². The topological polar surface area (TPSA) is 20.2 Å². The SMILES string of the molecule is CC=CC(O)C=CC. The molecule has 0 rings (SSSR count). The van der Waals surface area contributed by atoms with E-state index < -0.39 is 6.10 Å². The second-order valence-corrected chi connectivity index (χ2v) is 1.54. The molecule has 1 N–H and O–H groups in total. The maximum absolute atomic E-state index is 8.88. The second-order valence-electron chi connectivity index (χ2n) is 1.54. The fourth-order valence-electron chi connectivity index (χ4n) is 0.459. The number of allylic oxidation sites excluding steroid dienone is 2. The van der Waals surface area contributed by atoms with Crippen molar-refractivity contribution >= 4 is 0 Å². The molecule has 46 valence electrons. The summed E-state index contributed by atoms with van der Waals surface area (Å²) in [6.45, 7) is 3.76. The molecular formula is C7H12O. The first-order valence-electron chi connectivity index (χ1n) is 2.75. The van der Waals surface area contributed by atoms with Gasteiger partial charge in [0.05, 0.1) is 6.10 Å². The van der Waals surface area contributed by atoms with Crippen molar-refractivity contribution in [3.8, 4) is 0 Å². The Morgan fingerprint density at radius 1 is 1.12 bits per heavy atom. The average Bonchev–Trinajstić information content (AvgIpc) is 1.68. The Kier molecular flexibility index (Phi) is 4.27. The van der Waals surface area contributed by atoms with Crippen LogP contribution in [0, 0.1) is 0 Å². The van der Waals surface area contributed by atoms with Gasteiger partial charge in [-0.25, -0.2) is 0 Å². The molecule has 0 saturated carbocycles. The molecule has 1 nitrogen and oxygen atoms in total. The van der Waals surface area contributed by atoms with Crippen LogP contribution < -0.4 is 0 Å². The molecule has 0 unspecified atom stereocenters. The van der Waals surface area contributed by atoms with E-state index in [1.165, 1.54) is 0 Å². The van der Waals surface area contributed by atoms with E-state index in [2.05, 4.69) is 0 Å². The predicted molar refractivity (Wildman–Crippen MR) is 35.6 cm³/mol. The van der Waals surface area contributed by atoms with E-state index >= 15 is 0 Å². The summed E-state index contributed by atoms with van der Waals surface area (Å²) in [6.07, 6.45) is 6.69. The molecule has 0 atom stereocenters. The Hall–Kier alpha value is -0.560. The van der Waals surface area contributed by atoms with Gasteiger partial charge in [0.2, 0.25) is 0 Å². The third kappa shape index (κ3) is 3.62. The largest absolute Gasteiger partial charge is 0.385 e. The van der Waals surface area contributed by atoms with Crippen molar-refractivity contribution < 1.29 is 5.11 Å². The van der Waals surface area contributed by atoms with Crippen molar-refractivity contribution in [2.75, 3.05) is 0 Å². The normalized spacial score (nSPS) is 15.9. The zero-order valence-corrected chi connectivity index (χ0v) is 5.33. The molecule has 0 fully saturated rings. The molecule has 0 heterocycles. The smallest absolute Gasteiger partial charge is 0.0902 e. The lowest BCUT2D eigenvalue weighted by Gasteiger charge is -1.92. The van der Waals surface area contributed by atoms with E-state index in [0.717, 1.165) is 0 Å². The van der Waals surface area contributed by atoms with Crippen LogP contribution in [0.15, 0.2) is 24.3 Å². The summed E-state index contributed by atoms with van der Waals surface area (Å²) < 4.78 is 0. The van der Waals surface area contributed by atoms with Crippen molar-refractivity contribution in [1.29, 1.82) is 0 Å². The molecule has 0 saturated heterocycles. The second kappa shape index (κ2) is 4.60. The first-order chi connectivity index (χ1) is 3.81. The van der Waals surface area contributed by atoms with Gasteiger partial charge in [0.1, 0.15) is 0 Å². The number of hydrogen-bond acceptors (Lipinski definition) is 1. The Morgan fingerprint density at radius 3 is 1.75 bits per heavy atom. The zero-order valence-electron chi connectivity index (χ0n) is 5.33. The first-order valence-corrected chi connectivity index (χ1v) is 2.75. The summed E-state index contributed by atoms with van der Waals surface area (Å²) in [5, 5.41) is 8.88. The van der Waals surface area contributed by atoms with Crippen LogP contribution in [-0.2, 0) is 0 Å². The maximum atomic E-state index is 8.88. The van der Waals surface area contributed by atoms with Gasteiger partial charge in [0.15, 0.2) is 0 Å². The summed E-state index contributed by atoms with van der Waals surface area (Å²) in [4.78, 5) is 0. The maximum Gasteiger partial charge on any atom is 0.0902 e. The molecule has 0 spiro atoms. The quantitative estimate of drug-likeness (QED) is 0.537. The van der Waals surface area contributed by atoms with E-state index in [-0.39, 0.29) is 0 Å². The third-order valence-electron chi connectivity index (χ3n) is 0.779. The van der Waals surface area contributed by atoms with Crippen molar-refractivity contribution in [3.63, 3.8) is 0 Å². The predicted octanol–water partition coefficient (Wildman–Crippen LogP) is 1.50. The number of aliphatic hydroxyl groups excluding tert-OH is 1. The lowest BCUT2D eigenvalue weighted by atomic mass is 10.3. The van der Waals surface area contributed by atoms with Crippen LogP contribution in [0.5, 0.6) is 0 Å². The summed E-state index contributed by atoms with van der Waals surface area (Å²) >= 11 is 0. The fourth-order valence-corrected chi connectivity index (χ4v) is 0.459. The molecule has 0 aliphatic heterocycles. The summed E-state index contributed by atoms with van der Waals surface area (Å²) in [6, 6.07) is 0. The van der Waals surface area contributed by atoms with Gasteiger partial charge in [-0.05, 0) is 13.8 Å². The molecule has 0 aliphatic carbocycles. The van der Waals surface area contributed by atoms with Gasteiger partial charge in [-0.3, -0.25) is 0 Å².